The average Bonchev–Trinajstić information content (AvgIpc) is 2.53. The Bertz CT molecular complexity index is 560. The van der Waals surface area contributed by atoms with Gasteiger partial charge in [0.15, 0.2) is 11.5 Å². The fourth-order valence-corrected chi connectivity index (χ4v) is 2.81. The minimum atomic E-state index is 0.654. The molecule has 0 radical (unpaired) electrons. The molecule has 0 aromatic heterocycles. The third kappa shape index (κ3) is 4.99. The number of para-hydroxylation sites is 2. The van der Waals surface area contributed by atoms with E-state index in [2.05, 4.69) is 29.6 Å². The number of thioether (sulfide) groups is 1. The molecule has 0 bridgehead atoms. The van der Waals surface area contributed by atoms with E-state index >= 15 is 0 Å². The lowest BCUT2D eigenvalue weighted by Gasteiger charge is -2.10. The molecule has 0 unspecified atom stereocenters. The number of benzene rings is 2. The minimum Gasteiger partial charge on any atom is -0.493 e. The highest BCUT2D eigenvalue weighted by atomic mass is 32.2. The highest BCUT2D eigenvalue weighted by Gasteiger charge is 2.02. The van der Waals surface area contributed by atoms with E-state index in [1.807, 2.05) is 31.3 Å². The molecule has 2 aromatic rings. The monoisotopic (exact) mass is 303 g/mol. The summed E-state index contributed by atoms with van der Waals surface area (Å²) in [4.78, 5) is 1.27. The molecule has 2 rings (SSSR count). The number of methoxy groups -OCH3 is 1. The predicted octanol–water partition coefficient (Wildman–Crippen LogP) is 3.59. The third-order valence-electron chi connectivity index (χ3n) is 2.96. The van der Waals surface area contributed by atoms with Gasteiger partial charge in [0.1, 0.15) is 0 Å². The fourth-order valence-electron chi connectivity index (χ4n) is 2.00. The Morgan fingerprint density at radius 1 is 1.05 bits per heavy atom. The van der Waals surface area contributed by atoms with Crippen molar-refractivity contribution in [1.82, 2.24) is 5.32 Å². The zero-order chi connectivity index (χ0) is 14.9. The molecule has 0 amide bonds. The van der Waals surface area contributed by atoms with E-state index in [9.17, 15) is 0 Å². The van der Waals surface area contributed by atoms with Crippen molar-refractivity contribution >= 4 is 11.8 Å². The van der Waals surface area contributed by atoms with Crippen molar-refractivity contribution in [1.29, 1.82) is 0 Å². The smallest absolute Gasteiger partial charge is 0.161 e. The zero-order valence-electron chi connectivity index (χ0n) is 12.5. The summed E-state index contributed by atoms with van der Waals surface area (Å²) in [7, 11) is 3.62. The first-order valence-corrected chi connectivity index (χ1v) is 7.94. The summed E-state index contributed by atoms with van der Waals surface area (Å²) in [6.07, 6.45) is 0. The van der Waals surface area contributed by atoms with Crippen LogP contribution in [0.25, 0.3) is 0 Å². The van der Waals surface area contributed by atoms with Crippen molar-refractivity contribution in [2.45, 2.75) is 11.4 Å². The highest BCUT2D eigenvalue weighted by molar-refractivity contribution is 7.99. The van der Waals surface area contributed by atoms with Gasteiger partial charge >= 0.3 is 0 Å². The van der Waals surface area contributed by atoms with E-state index in [0.29, 0.717) is 6.61 Å². The Morgan fingerprint density at radius 2 is 1.86 bits per heavy atom. The topological polar surface area (TPSA) is 30.5 Å². The van der Waals surface area contributed by atoms with Gasteiger partial charge in [0.2, 0.25) is 0 Å². The molecule has 0 heterocycles. The minimum absolute atomic E-state index is 0.654. The van der Waals surface area contributed by atoms with Gasteiger partial charge in [0.05, 0.1) is 13.7 Å². The van der Waals surface area contributed by atoms with Gasteiger partial charge in [-0.1, -0.05) is 24.3 Å². The molecule has 0 aliphatic heterocycles. The van der Waals surface area contributed by atoms with Crippen molar-refractivity contribution in [3.8, 4) is 11.5 Å². The molecule has 21 heavy (non-hydrogen) atoms. The summed E-state index contributed by atoms with van der Waals surface area (Å²) in [5.74, 6) is 2.48. The van der Waals surface area contributed by atoms with Crippen LogP contribution in [-0.2, 0) is 6.54 Å². The second-order valence-electron chi connectivity index (χ2n) is 4.53. The van der Waals surface area contributed by atoms with Crippen LogP contribution >= 0.6 is 11.8 Å². The molecule has 0 fully saturated rings. The number of rotatable bonds is 8. The molecule has 1 N–H and O–H groups in total. The van der Waals surface area contributed by atoms with Gasteiger partial charge in [-0.15, -0.1) is 11.8 Å². The molecule has 0 saturated heterocycles. The van der Waals surface area contributed by atoms with Gasteiger partial charge in [-0.05, 0) is 36.9 Å². The lowest BCUT2D eigenvalue weighted by molar-refractivity contribution is 0.313. The molecule has 0 spiro atoms. The van der Waals surface area contributed by atoms with Crippen LogP contribution in [0.15, 0.2) is 53.4 Å². The quantitative estimate of drug-likeness (QED) is 0.596. The molecule has 0 aliphatic carbocycles. The molecule has 0 atom stereocenters. The first-order valence-electron chi connectivity index (χ1n) is 6.95. The van der Waals surface area contributed by atoms with Crippen molar-refractivity contribution in [2.24, 2.45) is 0 Å². The summed E-state index contributed by atoms with van der Waals surface area (Å²) in [5, 5.41) is 3.16. The van der Waals surface area contributed by atoms with Crippen LogP contribution in [0.5, 0.6) is 11.5 Å². The maximum absolute atomic E-state index is 5.77. The van der Waals surface area contributed by atoms with Crippen LogP contribution in [0.4, 0.5) is 0 Å². The molecule has 112 valence electrons. The van der Waals surface area contributed by atoms with Crippen molar-refractivity contribution < 1.29 is 9.47 Å². The standard InChI is InChI=1S/C17H21NO2S/c1-18-13-14-6-5-7-15(12-14)21-11-10-20-17-9-4-3-8-16(17)19-2/h3-9,12,18H,10-11,13H2,1-2H3. The van der Waals surface area contributed by atoms with Gasteiger partial charge < -0.3 is 14.8 Å². The highest BCUT2D eigenvalue weighted by Crippen LogP contribution is 2.26. The van der Waals surface area contributed by atoms with Gasteiger partial charge in [-0.2, -0.15) is 0 Å². The number of ether oxygens (including phenoxy) is 2. The normalized spacial score (nSPS) is 10.4. The predicted molar refractivity (Wildman–Crippen MR) is 88.4 cm³/mol. The van der Waals surface area contributed by atoms with E-state index in [1.54, 1.807) is 18.9 Å². The summed E-state index contributed by atoms with van der Waals surface area (Å²) in [6.45, 7) is 1.55. The van der Waals surface area contributed by atoms with Gasteiger partial charge in [0.25, 0.3) is 0 Å². The second kappa shape index (κ2) is 8.60. The van der Waals surface area contributed by atoms with E-state index in [4.69, 9.17) is 9.47 Å². The Kier molecular flexibility index (Phi) is 6.44. The van der Waals surface area contributed by atoms with Crippen molar-refractivity contribution in [3.05, 3.63) is 54.1 Å². The van der Waals surface area contributed by atoms with Crippen LogP contribution in [0.2, 0.25) is 0 Å². The first kappa shape index (κ1) is 15.7. The average molecular weight is 303 g/mol. The van der Waals surface area contributed by atoms with E-state index < -0.39 is 0 Å². The summed E-state index contributed by atoms with van der Waals surface area (Å²) in [5.41, 5.74) is 1.30. The van der Waals surface area contributed by atoms with Crippen molar-refractivity contribution in [2.75, 3.05) is 26.5 Å². The Balaban J connectivity index is 1.80. The Hall–Kier alpha value is -1.65. The van der Waals surface area contributed by atoms with Crippen molar-refractivity contribution in [3.63, 3.8) is 0 Å². The molecular weight excluding hydrogens is 282 g/mol. The lowest BCUT2D eigenvalue weighted by Crippen LogP contribution is -2.05. The van der Waals surface area contributed by atoms with Crippen LogP contribution < -0.4 is 14.8 Å². The number of hydrogen-bond acceptors (Lipinski definition) is 4. The molecule has 2 aromatic carbocycles. The van der Waals surface area contributed by atoms with Crippen LogP contribution in [0.1, 0.15) is 5.56 Å². The number of nitrogens with one attached hydrogen (secondary N) is 1. The number of hydrogen-bond donors (Lipinski definition) is 1. The summed E-state index contributed by atoms with van der Waals surface area (Å²) < 4.78 is 11.0. The van der Waals surface area contributed by atoms with E-state index in [1.165, 1.54) is 10.5 Å². The first-order chi connectivity index (χ1) is 10.3. The van der Waals surface area contributed by atoms with E-state index in [-0.39, 0.29) is 0 Å². The van der Waals surface area contributed by atoms with Gasteiger partial charge in [0, 0.05) is 17.2 Å². The summed E-state index contributed by atoms with van der Waals surface area (Å²) in [6, 6.07) is 16.3. The SMILES string of the molecule is CNCc1cccc(SCCOc2ccccc2OC)c1. The molecule has 3 nitrogen and oxygen atoms in total. The van der Waals surface area contributed by atoms with Crippen LogP contribution in [-0.4, -0.2) is 26.5 Å². The largest absolute Gasteiger partial charge is 0.493 e. The summed E-state index contributed by atoms with van der Waals surface area (Å²) >= 11 is 1.80. The zero-order valence-corrected chi connectivity index (χ0v) is 13.3. The Morgan fingerprint density at radius 3 is 2.62 bits per heavy atom. The maximum Gasteiger partial charge on any atom is 0.161 e. The lowest BCUT2D eigenvalue weighted by atomic mass is 10.2. The molecule has 0 saturated carbocycles. The molecule has 0 aliphatic rings. The molecule has 4 heteroatoms. The van der Waals surface area contributed by atoms with Gasteiger partial charge in [-0.3, -0.25) is 0 Å². The molecular formula is C17H21NO2S. The van der Waals surface area contributed by atoms with E-state index in [0.717, 1.165) is 23.8 Å². The Labute approximate surface area is 130 Å². The fraction of sp³-hybridized carbons (Fsp3) is 0.294. The maximum atomic E-state index is 5.77. The second-order valence-corrected chi connectivity index (χ2v) is 5.69. The third-order valence-corrected chi connectivity index (χ3v) is 3.92. The van der Waals surface area contributed by atoms with Crippen LogP contribution in [0, 0.1) is 0 Å². The van der Waals surface area contributed by atoms with Crippen LogP contribution in [0.3, 0.4) is 0 Å². The van der Waals surface area contributed by atoms with Gasteiger partial charge in [-0.25, -0.2) is 0 Å².